The van der Waals surface area contributed by atoms with Gasteiger partial charge in [0.15, 0.2) is 0 Å². The summed E-state index contributed by atoms with van der Waals surface area (Å²) in [7, 11) is 0. The Morgan fingerprint density at radius 3 is 2.90 bits per heavy atom. The molecule has 0 heterocycles. The van der Waals surface area contributed by atoms with Crippen molar-refractivity contribution in [2.24, 2.45) is 11.7 Å². The number of nitrogens with one attached hydrogen (secondary N) is 1. The number of aryl methyl sites for hydroxylation is 1. The van der Waals surface area contributed by atoms with Crippen LogP contribution in [0.25, 0.3) is 0 Å². The van der Waals surface area contributed by atoms with E-state index in [1.165, 1.54) is 0 Å². The average Bonchev–Trinajstić information content (AvgIpc) is 2.45. The van der Waals surface area contributed by atoms with Crippen LogP contribution in [0.15, 0.2) is 24.3 Å². The molecule has 4 heteroatoms. The van der Waals surface area contributed by atoms with E-state index < -0.39 is 6.10 Å². The molecule has 20 heavy (non-hydrogen) atoms. The lowest BCUT2D eigenvalue weighted by molar-refractivity contribution is -0.126. The Balaban J connectivity index is 1.85. The highest BCUT2D eigenvalue weighted by atomic mass is 16.3. The van der Waals surface area contributed by atoms with Gasteiger partial charge in [-0.1, -0.05) is 30.7 Å². The number of carbonyl (C=O) groups is 1. The molecule has 3 atom stereocenters. The number of nitrogens with two attached hydrogens (primary N) is 1. The highest BCUT2D eigenvalue weighted by molar-refractivity contribution is 5.78. The summed E-state index contributed by atoms with van der Waals surface area (Å²) in [5.41, 5.74) is 7.81. The molecule has 1 aliphatic rings. The molecular formula is C16H24N2O2. The SMILES string of the molecule is Cc1ccccc1[C@H](O)CNC(=O)[C@H]1CCC[C@H](N)C1. The summed E-state index contributed by atoms with van der Waals surface area (Å²) in [4.78, 5) is 12.1. The maximum Gasteiger partial charge on any atom is 0.223 e. The summed E-state index contributed by atoms with van der Waals surface area (Å²) in [5.74, 6) is 0.0237. The normalized spacial score (nSPS) is 24.1. The number of amides is 1. The molecule has 4 nitrogen and oxygen atoms in total. The maximum absolute atomic E-state index is 12.1. The fourth-order valence-corrected chi connectivity index (χ4v) is 2.88. The van der Waals surface area contributed by atoms with Crippen LogP contribution in [0.3, 0.4) is 0 Å². The number of aliphatic hydroxyl groups is 1. The van der Waals surface area contributed by atoms with Crippen LogP contribution in [0.2, 0.25) is 0 Å². The quantitative estimate of drug-likeness (QED) is 0.783. The van der Waals surface area contributed by atoms with Gasteiger partial charge in [-0.05, 0) is 37.3 Å². The Bertz CT molecular complexity index is 462. The zero-order valence-electron chi connectivity index (χ0n) is 12.0. The van der Waals surface area contributed by atoms with Gasteiger partial charge in [-0.15, -0.1) is 0 Å². The standard InChI is InChI=1S/C16H24N2O2/c1-11-5-2-3-8-14(11)15(19)10-18-16(20)12-6-4-7-13(17)9-12/h2-3,5,8,12-13,15,19H,4,6-7,9-10,17H2,1H3,(H,18,20)/t12-,13-,15+/m0/s1. The van der Waals surface area contributed by atoms with Crippen molar-refractivity contribution in [3.63, 3.8) is 0 Å². The molecule has 1 aromatic carbocycles. The third-order valence-corrected chi connectivity index (χ3v) is 4.10. The summed E-state index contributed by atoms with van der Waals surface area (Å²) in [6.07, 6.45) is 3.03. The molecule has 2 rings (SSSR count). The van der Waals surface area contributed by atoms with Crippen LogP contribution in [0.1, 0.15) is 42.9 Å². The fraction of sp³-hybridized carbons (Fsp3) is 0.562. The number of rotatable bonds is 4. The van der Waals surface area contributed by atoms with E-state index in [4.69, 9.17) is 5.73 Å². The molecule has 0 radical (unpaired) electrons. The van der Waals surface area contributed by atoms with Gasteiger partial charge in [0, 0.05) is 18.5 Å². The van der Waals surface area contributed by atoms with E-state index in [-0.39, 0.29) is 24.4 Å². The van der Waals surface area contributed by atoms with Crippen molar-refractivity contribution in [3.8, 4) is 0 Å². The molecular weight excluding hydrogens is 252 g/mol. The number of benzene rings is 1. The van der Waals surface area contributed by atoms with Crippen LogP contribution in [-0.4, -0.2) is 23.6 Å². The maximum atomic E-state index is 12.1. The zero-order valence-corrected chi connectivity index (χ0v) is 12.0. The first-order chi connectivity index (χ1) is 9.58. The Labute approximate surface area is 120 Å². The van der Waals surface area contributed by atoms with E-state index >= 15 is 0 Å². The number of aliphatic hydroxyl groups excluding tert-OH is 1. The minimum absolute atomic E-state index is 0.00261. The lowest BCUT2D eigenvalue weighted by atomic mass is 9.85. The van der Waals surface area contributed by atoms with E-state index in [0.717, 1.165) is 36.8 Å². The smallest absolute Gasteiger partial charge is 0.223 e. The van der Waals surface area contributed by atoms with Crippen molar-refractivity contribution in [1.29, 1.82) is 0 Å². The molecule has 1 aliphatic carbocycles. The summed E-state index contributed by atoms with van der Waals surface area (Å²) in [6.45, 7) is 2.22. The van der Waals surface area contributed by atoms with Gasteiger partial charge in [-0.2, -0.15) is 0 Å². The van der Waals surface area contributed by atoms with Crippen LogP contribution < -0.4 is 11.1 Å². The van der Waals surface area contributed by atoms with Crippen molar-refractivity contribution in [2.75, 3.05) is 6.54 Å². The molecule has 110 valence electrons. The topological polar surface area (TPSA) is 75.3 Å². The van der Waals surface area contributed by atoms with E-state index in [1.54, 1.807) is 0 Å². The predicted molar refractivity (Wildman–Crippen MR) is 79.1 cm³/mol. The summed E-state index contributed by atoms with van der Waals surface area (Å²) < 4.78 is 0. The van der Waals surface area contributed by atoms with Crippen LogP contribution >= 0.6 is 0 Å². The third kappa shape index (κ3) is 3.81. The minimum atomic E-state index is -0.655. The van der Waals surface area contributed by atoms with Crippen molar-refractivity contribution in [2.45, 2.75) is 44.8 Å². The summed E-state index contributed by atoms with van der Waals surface area (Å²) >= 11 is 0. The van der Waals surface area contributed by atoms with Crippen LogP contribution in [0, 0.1) is 12.8 Å². The first-order valence-electron chi connectivity index (χ1n) is 7.35. The van der Waals surface area contributed by atoms with Gasteiger partial charge in [-0.3, -0.25) is 4.79 Å². The van der Waals surface area contributed by atoms with Gasteiger partial charge in [0.1, 0.15) is 0 Å². The van der Waals surface area contributed by atoms with Crippen LogP contribution in [0.4, 0.5) is 0 Å². The van der Waals surface area contributed by atoms with Gasteiger partial charge in [-0.25, -0.2) is 0 Å². The molecule has 0 aromatic heterocycles. The lowest BCUT2D eigenvalue weighted by Gasteiger charge is -2.26. The molecule has 0 bridgehead atoms. The van der Waals surface area contributed by atoms with Gasteiger partial charge >= 0.3 is 0 Å². The molecule has 1 fully saturated rings. The molecule has 1 amide bonds. The first kappa shape index (κ1) is 15.0. The van der Waals surface area contributed by atoms with Crippen LogP contribution in [-0.2, 0) is 4.79 Å². The van der Waals surface area contributed by atoms with Gasteiger partial charge in [0.05, 0.1) is 6.10 Å². The second kappa shape index (κ2) is 6.86. The first-order valence-corrected chi connectivity index (χ1v) is 7.35. The molecule has 0 saturated heterocycles. The highest BCUT2D eigenvalue weighted by Crippen LogP contribution is 2.23. The Morgan fingerprint density at radius 2 is 2.20 bits per heavy atom. The highest BCUT2D eigenvalue weighted by Gasteiger charge is 2.25. The summed E-state index contributed by atoms with van der Waals surface area (Å²) in [5, 5.41) is 13.0. The van der Waals surface area contributed by atoms with E-state index in [9.17, 15) is 9.90 Å². The van der Waals surface area contributed by atoms with Crippen molar-refractivity contribution >= 4 is 5.91 Å². The van der Waals surface area contributed by atoms with E-state index in [2.05, 4.69) is 5.32 Å². The van der Waals surface area contributed by atoms with E-state index in [0.29, 0.717) is 0 Å². The second-order valence-electron chi connectivity index (χ2n) is 5.74. The second-order valence-corrected chi connectivity index (χ2v) is 5.74. The number of carbonyl (C=O) groups excluding carboxylic acids is 1. The van der Waals surface area contributed by atoms with Gasteiger partial charge in [0.2, 0.25) is 5.91 Å². The Morgan fingerprint density at radius 1 is 1.45 bits per heavy atom. The number of hydrogen-bond acceptors (Lipinski definition) is 3. The monoisotopic (exact) mass is 276 g/mol. The average molecular weight is 276 g/mol. The molecule has 1 saturated carbocycles. The van der Waals surface area contributed by atoms with Crippen molar-refractivity contribution in [1.82, 2.24) is 5.32 Å². The number of hydrogen-bond donors (Lipinski definition) is 3. The van der Waals surface area contributed by atoms with Crippen molar-refractivity contribution in [3.05, 3.63) is 35.4 Å². The zero-order chi connectivity index (χ0) is 14.5. The molecule has 0 unspecified atom stereocenters. The largest absolute Gasteiger partial charge is 0.387 e. The minimum Gasteiger partial charge on any atom is -0.387 e. The fourth-order valence-electron chi connectivity index (χ4n) is 2.88. The molecule has 0 aliphatic heterocycles. The molecule has 0 spiro atoms. The molecule has 4 N–H and O–H groups in total. The lowest BCUT2D eigenvalue weighted by Crippen LogP contribution is -2.39. The predicted octanol–water partition coefficient (Wildman–Crippen LogP) is 1.66. The van der Waals surface area contributed by atoms with Crippen molar-refractivity contribution < 1.29 is 9.90 Å². The molecule has 1 aromatic rings. The third-order valence-electron chi connectivity index (χ3n) is 4.10. The van der Waals surface area contributed by atoms with Gasteiger partial charge < -0.3 is 16.2 Å². The summed E-state index contributed by atoms with van der Waals surface area (Å²) in [6, 6.07) is 7.82. The van der Waals surface area contributed by atoms with Crippen LogP contribution in [0.5, 0.6) is 0 Å². The van der Waals surface area contributed by atoms with E-state index in [1.807, 2.05) is 31.2 Å². The Kier molecular flexibility index (Phi) is 5.15. The Hall–Kier alpha value is -1.39. The van der Waals surface area contributed by atoms with Gasteiger partial charge in [0.25, 0.3) is 0 Å².